The van der Waals surface area contributed by atoms with Crippen LogP contribution in [0.3, 0.4) is 0 Å². The smallest absolute Gasteiger partial charge is 0.236 e. The standard InChI is InChI=1S/C25H42N8O5S/c26-23-29-25(30-24-5-8-27-9-6-24)28-7-3-1-2-4-22-39(34,35)33(11-10-31-12-17-36-18-13-31)38-21-16-32-14-19-37-20-15-32/h5-6,8-9H,1-4,7,10-22H2,(H2,27,28,29,30). The summed E-state index contributed by atoms with van der Waals surface area (Å²) in [5.41, 5.74) is 0.780. The number of nitrogens with one attached hydrogen (secondary N) is 2. The number of hydrogen-bond acceptors (Lipinski definition) is 10. The molecule has 13 nitrogen and oxygen atoms in total. The highest BCUT2D eigenvalue weighted by Gasteiger charge is 2.24. The van der Waals surface area contributed by atoms with Crippen LogP contribution >= 0.6 is 0 Å². The van der Waals surface area contributed by atoms with Crippen molar-refractivity contribution >= 4 is 21.7 Å². The fraction of sp³-hybridized carbons (Fsp3) is 0.720. The summed E-state index contributed by atoms with van der Waals surface area (Å²) in [7, 11) is -3.55. The predicted octanol–water partition coefficient (Wildman–Crippen LogP) is 0.708. The third-order valence-corrected chi connectivity index (χ3v) is 8.17. The zero-order chi connectivity index (χ0) is 27.6. The Bertz CT molecular complexity index is 980. The van der Waals surface area contributed by atoms with Gasteiger partial charge in [0.1, 0.15) is 0 Å². The highest BCUT2D eigenvalue weighted by molar-refractivity contribution is 7.88. The molecule has 2 saturated heterocycles. The van der Waals surface area contributed by atoms with Gasteiger partial charge >= 0.3 is 0 Å². The van der Waals surface area contributed by atoms with E-state index in [0.29, 0.717) is 71.6 Å². The maximum Gasteiger partial charge on any atom is 0.236 e. The SMILES string of the molecule is N#CNC(=NCCCCCCS(=O)(=O)N(CCN1CCOCC1)OCCN1CCOCC1)Nc1ccncc1. The van der Waals surface area contributed by atoms with Gasteiger partial charge in [-0.25, -0.2) is 8.42 Å². The van der Waals surface area contributed by atoms with E-state index in [1.165, 1.54) is 4.47 Å². The topological polar surface area (TPSA) is 145 Å². The Balaban J connectivity index is 1.39. The minimum Gasteiger partial charge on any atom is -0.379 e. The van der Waals surface area contributed by atoms with Crippen LogP contribution in [0.1, 0.15) is 25.7 Å². The van der Waals surface area contributed by atoms with E-state index >= 15 is 0 Å². The van der Waals surface area contributed by atoms with E-state index in [4.69, 9.17) is 19.6 Å². The van der Waals surface area contributed by atoms with Crippen molar-refractivity contribution in [1.29, 1.82) is 5.26 Å². The fourth-order valence-electron chi connectivity index (χ4n) is 4.21. The molecular formula is C25H42N8O5S. The zero-order valence-corrected chi connectivity index (χ0v) is 23.5. The minimum absolute atomic E-state index is 0.0434. The number of hydroxylamine groups is 1. The van der Waals surface area contributed by atoms with Crippen molar-refractivity contribution in [3.05, 3.63) is 24.5 Å². The largest absolute Gasteiger partial charge is 0.379 e. The monoisotopic (exact) mass is 566 g/mol. The van der Waals surface area contributed by atoms with Gasteiger partial charge in [-0.05, 0) is 25.0 Å². The molecule has 0 aliphatic carbocycles. The molecule has 1 aromatic heterocycles. The third kappa shape index (κ3) is 12.6. The maximum absolute atomic E-state index is 13.2. The van der Waals surface area contributed by atoms with Gasteiger partial charge < -0.3 is 14.8 Å². The molecule has 0 saturated carbocycles. The summed E-state index contributed by atoms with van der Waals surface area (Å²) in [6.45, 7) is 8.44. The highest BCUT2D eigenvalue weighted by Crippen LogP contribution is 2.10. The molecule has 0 atom stereocenters. The Kier molecular flexibility index (Phi) is 14.4. The molecule has 2 aliphatic rings. The van der Waals surface area contributed by atoms with E-state index in [1.54, 1.807) is 24.5 Å². The molecule has 0 unspecified atom stereocenters. The van der Waals surface area contributed by atoms with Crippen LogP contribution in [0.15, 0.2) is 29.5 Å². The number of ether oxygens (including phenoxy) is 2. The molecule has 0 spiro atoms. The normalized spacial score (nSPS) is 17.7. The average molecular weight is 567 g/mol. The maximum atomic E-state index is 13.2. The molecule has 39 heavy (non-hydrogen) atoms. The number of aliphatic imine (C=N–C) groups is 1. The Morgan fingerprint density at radius 2 is 1.67 bits per heavy atom. The summed E-state index contributed by atoms with van der Waals surface area (Å²) in [6, 6.07) is 3.57. The van der Waals surface area contributed by atoms with Gasteiger partial charge in [-0.15, -0.1) is 0 Å². The lowest BCUT2D eigenvalue weighted by atomic mass is 10.2. The molecule has 0 aromatic carbocycles. The number of pyridine rings is 1. The summed E-state index contributed by atoms with van der Waals surface area (Å²) in [5, 5.41) is 14.5. The van der Waals surface area contributed by atoms with Crippen LogP contribution in [0, 0.1) is 11.5 Å². The van der Waals surface area contributed by atoms with Gasteiger partial charge in [-0.3, -0.25) is 29.9 Å². The van der Waals surface area contributed by atoms with Crippen molar-refractivity contribution in [2.75, 3.05) is 96.5 Å². The van der Waals surface area contributed by atoms with E-state index in [-0.39, 0.29) is 5.75 Å². The molecule has 2 fully saturated rings. The molecule has 0 radical (unpaired) electrons. The second-order valence-electron chi connectivity index (χ2n) is 9.33. The van der Waals surface area contributed by atoms with Crippen LogP contribution in [0.25, 0.3) is 0 Å². The highest BCUT2D eigenvalue weighted by atomic mass is 32.2. The number of aromatic nitrogens is 1. The second-order valence-corrected chi connectivity index (χ2v) is 11.3. The van der Waals surface area contributed by atoms with Crippen LogP contribution in [0.2, 0.25) is 0 Å². The van der Waals surface area contributed by atoms with E-state index in [9.17, 15) is 8.42 Å². The van der Waals surface area contributed by atoms with Crippen LogP contribution < -0.4 is 10.6 Å². The Morgan fingerprint density at radius 3 is 2.33 bits per heavy atom. The van der Waals surface area contributed by atoms with Crippen molar-refractivity contribution < 1.29 is 22.7 Å². The minimum atomic E-state index is -3.55. The molecule has 2 N–H and O–H groups in total. The van der Waals surface area contributed by atoms with Crippen molar-refractivity contribution in [1.82, 2.24) is 24.6 Å². The Morgan fingerprint density at radius 1 is 1.03 bits per heavy atom. The van der Waals surface area contributed by atoms with Gasteiger partial charge in [0.05, 0.1) is 45.3 Å². The number of rotatable bonds is 16. The molecule has 14 heteroatoms. The van der Waals surface area contributed by atoms with Crippen LogP contribution in [-0.4, -0.2) is 125 Å². The quantitative estimate of drug-likeness (QED) is 0.0729. The molecular weight excluding hydrogens is 524 g/mol. The average Bonchev–Trinajstić information content (AvgIpc) is 2.96. The van der Waals surface area contributed by atoms with Gasteiger partial charge in [0.15, 0.2) is 6.19 Å². The van der Waals surface area contributed by atoms with Crippen LogP contribution in [0.5, 0.6) is 0 Å². The summed E-state index contributed by atoms with van der Waals surface area (Å²) >= 11 is 0. The lowest BCUT2D eigenvalue weighted by Crippen LogP contribution is -2.45. The number of sulfonamides is 1. The zero-order valence-electron chi connectivity index (χ0n) is 22.7. The lowest BCUT2D eigenvalue weighted by Gasteiger charge is -2.30. The summed E-state index contributed by atoms with van der Waals surface area (Å²) in [4.78, 5) is 18.6. The number of unbranched alkanes of at least 4 members (excludes halogenated alkanes) is 3. The Hall–Kier alpha value is -2.38. The van der Waals surface area contributed by atoms with E-state index in [0.717, 1.165) is 51.1 Å². The number of hydrogen-bond donors (Lipinski definition) is 2. The predicted molar refractivity (Wildman–Crippen MR) is 148 cm³/mol. The van der Waals surface area contributed by atoms with Crippen LogP contribution in [-0.2, 0) is 24.3 Å². The fourth-order valence-corrected chi connectivity index (χ4v) is 5.57. The molecule has 2 aliphatic heterocycles. The first-order chi connectivity index (χ1) is 19.1. The van der Waals surface area contributed by atoms with Crippen molar-refractivity contribution in [3.8, 4) is 6.19 Å². The molecule has 1 aromatic rings. The van der Waals surface area contributed by atoms with Crippen LogP contribution in [0.4, 0.5) is 5.69 Å². The summed E-state index contributed by atoms with van der Waals surface area (Å²) in [5.74, 6) is 0.415. The van der Waals surface area contributed by atoms with Gasteiger partial charge in [0, 0.05) is 63.9 Å². The third-order valence-electron chi connectivity index (χ3n) is 6.46. The summed E-state index contributed by atoms with van der Waals surface area (Å²) in [6.07, 6.45) is 8.11. The molecule has 3 rings (SSSR count). The first-order valence-electron chi connectivity index (χ1n) is 13.7. The van der Waals surface area contributed by atoms with Gasteiger partial charge in [-0.1, -0.05) is 17.3 Å². The van der Waals surface area contributed by atoms with E-state index < -0.39 is 10.0 Å². The number of morpholine rings is 2. The van der Waals surface area contributed by atoms with Gasteiger partial charge in [0.25, 0.3) is 0 Å². The molecule has 0 amide bonds. The number of nitriles is 1. The number of anilines is 1. The van der Waals surface area contributed by atoms with Crippen molar-refractivity contribution in [2.24, 2.45) is 4.99 Å². The number of guanidine groups is 1. The van der Waals surface area contributed by atoms with Crippen molar-refractivity contribution in [2.45, 2.75) is 25.7 Å². The lowest BCUT2D eigenvalue weighted by molar-refractivity contribution is -0.0996. The van der Waals surface area contributed by atoms with E-state index in [1.807, 2.05) is 6.19 Å². The molecule has 3 heterocycles. The van der Waals surface area contributed by atoms with Gasteiger partial charge in [0.2, 0.25) is 16.0 Å². The second kappa shape index (κ2) is 18.1. The molecule has 218 valence electrons. The van der Waals surface area contributed by atoms with Gasteiger partial charge in [-0.2, -0.15) is 5.26 Å². The van der Waals surface area contributed by atoms with Crippen molar-refractivity contribution in [3.63, 3.8) is 0 Å². The first-order valence-corrected chi connectivity index (χ1v) is 15.3. The molecule has 0 bridgehead atoms. The van der Waals surface area contributed by atoms with E-state index in [2.05, 4.69) is 30.4 Å². The Labute approximate surface area is 232 Å². The summed E-state index contributed by atoms with van der Waals surface area (Å²) < 4.78 is 38.3. The first kappa shape index (κ1) is 31.2. The number of nitrogens with zero attached hydrogens (tertiary/aromatic N) is 6.